The topological polar surface area (TPSA) is 66.5 Å². The summed E-state index contributed by atoms with van der Waals surface area (Å²) in [5.74, 6) is -1.43. The van der Waals surface area contributed by atoms with Gasteiger partial charge in [0.15, 0.2) is 0 Å². The van der Waals surface area contributed by atoms with Gasteiger partial charge in [0.25, 0.3) is 11.8 Å². The molecule has 0 saturated carbocycles. The van der Waals surface area contributed by atoms with E-state index in [1.165, 1.54) is 12.1 Å². The summed E-state index contributed by atoms with van der Waals surface area (Å²) in [4.78, 5) is 39.1. The molecule has 1 fully saturated rings. The van der Waals surface area contributed by atoms with Crippen molar-refractivity contribution < 1.29 is 14.4 Å². The molecule has 7 heteroatoms. The van der Waals surface area contributed by atoms with Crippen LogP contribution in [0.15, 0.2) is 76.8 Å². The third-order valence-corrected chi connectivity index (χ3v) is 6.39. The quantitative estimate of drug-likeness (QED) is 0.364. The number of carbonyl (C=O) groups is 3. The fourth-order valence-corrected chi connectivity index (χ4v) is 4.05. The monoisotopic (exact) mass is 508 g/mol. The molecule has 160 valence electrons. The van der Waals surface area contributed by atoms with Gasteiger partial charge in [-0.25, -0.2) is 9.69 Å². The molecule has 1 N–H and O–H groups in total. The lowest BCUT2D eigenvalue weighted by atomic mass is 9.97. The molecule has 1 aliphatic rings. The molecule has 1 saturated heterocycles. The van der Waals surface area contributed by atoms with E-state index in [2.05, 4.69) is 21.2 Å². The number of anilines is 1. The molecule has 5 nitrogen and oxygen atoms in total. The Morgan fingerprint density at radius 3 is 2.38 bits per heavy atom. The molecule has 3 aromatic carbocycles. The zero-order chi connectivity index (χ0) is 22.8. The number of halogens is 2. The summed E-state index contributed by atoms with van der Waals surface area (Å²) in [7, 11) is 0. The number of benzene rings is 3. The Labute approximate surface area is 198 Å². The number of rotatable bonds is 4. The van der Waals surface area contributed by atoms with Crippen molar-refractivity contribution in [1.82, 2.24) is 5.32 Å². The average Bonchev–Trinajstić information content (AvgIpc) is 2.76. The minimum absolute atomic E-state index is 0.124. The van der Waals surface area contributed by atoms with E-state index < -0.39 is 17.8 Å². The summed E-state index contributed by atoms with van der Waals surface area (Å²) in [6.45, 7) is 1.82. The molecule has 1 aliphatic heterocycles. The van der Waals surface area contributed by atoms with Crippen LogP contribution >= 0.6 is 27.5 Å². The second kappa shape index (κ2) is 9.10. The van der Waals surface area contributed by atoms with Gasteiger partial charge in [-0.05, 0) is 59.9 Å². The fraction of sp³-hybridized carbons (Fsp3) is 0.0800. The van der Waals surface area contributed by atoms with Crippen LogP contribution in [0, 0.1) is 6.92 Å². The van der Waals surface area contributed by atoms with Crippen molar-refractivity contribution in [2.24, 2.45) is 0 Å². The van der Waals surface area contributed by atoms with Crippen molar-refractivity contribution in [1.29, 1.82) is 0 Å². The van der Waals surface area contributed by atoms with E-state index in [0.717, 1.165) is 31.6 Å². The molecular formula is C25H18BrClN2O3. The standard InChI is InChI=1S/C25H18BrClN2O3/c1-15-10-11-19(14-22(15)27)29-24(31)20(23(30)28-25(29)32)13-17-7-3-2-6-16(17)12-18-8-4-5-9-21(18)26/h2-11,13-14H,12H2,1H3,(H,28,30,32)/b20-13+. The van der Waals surface area contributed by atoms with Gasteiger partial charge >= 0.3 is 6.03 Å². The van der Waals surface area contributed by atoms with Crippen LogP contribution in [0.25, 0.3) is 6.08 Å². The van der Waals surface area contributed by atoms with E-state index in [9.17, 15) is 14.4 Å². The molecule has 0 spiro atoms. The van der Waals surface area contributed by atoms with Crippen LogP contribution in [0.1, 0.15) is 22.3 Å². The van der Waals surface area contributed by atoms with Crippen molar-refractivity contribution in [2.45, 2.75) is 13.3 Å². The van der Waals surface area contributed by atoms with E-state index >= 15 is 0 Å². The highest BCUT2D eigenvalue weighted by atomic mass is 79.9. The molecule has 0 radical (unpaired) electrons. The van der Waals surface area contributed by atoms with Crippen molar-refractivity contribution in [3.05, 3.63) is 104 Å². The van der Waals surface area contributed by atoms with Crippen molar-refractivity contribution in [3.63, 3.8) is 0 Å². The van der Waals surface area contributed by atoms with Crippen LogP contribution in [0.2, 0.25) is 5.02 Å². The summed E-state index contributed by atoms with van der Waals surface area (Å²) in [6, 6.07) is 19.4. The Balaban J connectivity index is 1.73. The van der Waals surface area contributed by atoms with Crippen LogP contribution < -0.4 is 10.2 Å². The van der Waals surface area contributed by atoms with E-state index in [4.69, 9.17) is 11.6 Å². The minimum Gasteiger partial charge on any atom is -0.273 e. The van der Waals surface area contributed by atoms with Crippen LogP contribution in [0.4, 0.5) is 10.5 Å². The summed E-state index contributed by atoms with van der Waals surface area (Å²) >= 11 is 9.74. The highest BCUT2D eigenvalue weighted by molar-refractivity contribution is 9.10. The minimum atomic E-state index is -0.807. The number of urea groups is 1. The highest BCUT2D eigenvalue weighted by Gasteiger charge is 2.37. The second-order valence-corrected chi connectivity index (χ2v) is 8.62. The molecule has 0 atom stereocenters. The zero-order valence-corrected chi connectivity index (χ0v) is 19.4. The molecule has 0 unspecified atom stereocenters. The molecular weight excluding hydrogens is 492 g/mol. The first kappa shape index (κ1) is 22.0. The lowest BCUT2D eigenvalue weighted by Gasteiger charge is -2.26. The largest absolute Gasteiger partial charge is 0.335 e. The number of hydrogen-bond donors (Lipinski definition) is 1. The lowest BCUT2D eigenvalue weighted by molar-refractivity contribution is -0.122. The molecule has 32 heavy (non-hydrogen) atoms. The van der Waals surface area contributed by atoms with Gasteiger partial charge in [0.2, 0.25) is 0 Å². The number of imide groups is 2. The maximum absolute atomic E-state index is 13.2. The number of barbiturate groups is 1. The molecule has 0 aromatic heterocycles. The van der Waals surface area contributed by atoms with E-state index in [-0.39, 0.29) is 5.57 Å². The van der Waals surface area contributed by atoms with E-state index in [1.54, 1.807) is 12.1 Å². The Morgan fingerprint density at radius 1 is 0.969 bits per heavy atom. The molecule has 3 aromatic rings. The van der Waals surface area contributed by atoms with E-state index in [0.29, 0.717) is 17.1 Å². The first-order valence-corrected chi connectivity index (χ1v) is 11.0. The Bertz CT molecular complexity index is 1290. The summed E-state index contributed by atoms with van der Waals surface area (Å²) in [5, 5.41) is 2.67. The van der Waals surface area contributed by atoms with Gasteiger partial charge in [-0.3, -0.25) is 14.9 Å². The van der Waals surface area contributed by atoms with Gasteiger partial charge in [0.05, 0.1) is 5.69 Å². The van der Waals surface area contributed by atoms with Gasteiger partial charge in [-0.2, -0.15) is 0 Å². The summed E-state index contributed by atoms with van der Waals surface area (Å²) in [5.41, 5.74) is 3.72. The number of nitrogens with one attached hydrogen (secondary N) is 1. The molecule has 4 rings (SSSR count). The van der Waals surface area contributed by atoms with Gasteiger partial charge in [-0.15, -0.1) is 0 Å². The average molecular weight is 510 g/mol. The van der Waals surface area contributed by atoms with Crippen molar-refractivity contribution >= 4 is 57.1 Å². The van der Waals surface area contributed by atoms with Crippen molar-refractivity contribution in [2.75, 3.05) is 4.90 Å². The SMILES string of the molecule is Cc1ccc(N2C(=O)NC(=O)/C(=C\c3ccccc3Cc3ccccc3Br)C2=O)cc1Cl. The zero-order valence-electron chi connectivity index (χ0n) is 17.1. The van der Waals surface area contributed by atoms with Gasteiger partial charge in [0, 0.05) is 9.50 Å². The Morgan fingerprint density at radius 2 is 1.66 bits per heavy atom. The number of carbonyl (C=O) groups excluding carboxylic acids is 3. The number of hydrogen-bond acceptors (Lipinski definition) is 3. The predicted octanol–water partition coefficient (Wildman–Crippen LogP) is 5.67. The third-order valence-electron chi connectivity index (χ3n) is 5.21. The highest BCUT2D eigenvalue weighted by Crippen LogP contribution is 2.28. The van der Waals surface area contributed by atoms with Crippen molar-refractivity contribution in [3.8, 4) is 0 Å². The number of amides is 4. The molecule has 0 bridgehead atoms. The fourth-order valence-electron chi connectivity index (χ4n) is 3.45. The third kappa shape index (κ3) is 4.38. The molecule has 0 aliphatic carbocycles. The maximum Gasteiger partial charge on any atom is 0.335 e. The molecule has 1 heterocycles. The van der Waals surface area contributed by atoms with E-state index in [1.807, 2.05) is 55.5 Å². The first-order valence-electron chi connectivity index (χ1n) is 9.84. The normalized spacial score (nSPS) is 15.3. The van der Waals surface area contributed by atoms with Crippen LogP contribution in [0.3, 0.4) is 0 Å². The second-order valence-electron chi connectivity index (χ2n) is 7.36. The van der Waals surface area contributed by atoms with Crippen LogP contribution in [-0.4, -0.2) is 17.8 Å². The Kier molecular flexibility index (Phi) is 6.26. The maximum atomic E-state index is 13.2. The van der Waals surface area contributed by atoms with Gasteiger partial charge < -0.3 is 0 Å². The van der Waals surface area contributed by atoms with Gasteiger partial charge in [0.1, 0.15) is 5.57 Å². The lowest BCUT2D eigenvalue weighted by Crippen LogP contribution is -2.54. The Hall–Kier alpha value is -3.22. The molecule has 4 amide bonds. The number of aryl methyl sites for hydroxylation is 1. The van der Waals surface area contributed by atoms with Gasteiger partial charge in [-0.1, -0.05) is 76.1 Å². The number of nitrogens with zero attached hydrogens (tertiary/aromatic N) is 1. The van der Waals surface area contributed by atoms with Crippen LogP contribution in [0.5, 0.6) is 0 Å². The summed E-state index contributed by atoms with van der Waals surface area (Å²) in [6.07, 6.45) is 2.13. The predicted molar refractivity (Wildman–Crippen MR) is 129 cm³/mol. The first-order chi connectivity index (χ1) is 15.3. The van der Waals surface area contributed by atoms with Crippen LogP contribution in [-0.2, 0) is 16.0 Å². The summed E-state index contributed by atoms with van der Waals surface area (Å²) < 4.78 is 0.974. The smallest absolute Gasteiger partial charge is 0.273 e.